The second kappa shape index (κ2) is 10.4. The van der Waals surface area contributed by atoms with Crippen molar-refractivity contribution in [1.82, 2.24) is 5.32 Å². The van der Waals surface area contributed by atoms with E-state index in [0.717, 1.165) is 17.1 Å². The van der Waals surface area contributed by atoms with Crippen LogP contribution in [0.3, 0.4) is 0 Å². The molecule has 0 bridgehead atoms. The van der Waals surface area contributed by atoms with Crippen molar-refractivity contribution in [2.45, 2.75) is 11.3 Å². The molecule has 0 unspecified atom stereocenters. The van der Waals surface area contributed by atoms with Crippen LogP contribution in [-0.4, -0.2) is 24.1 Å². The number of hydrogen-bond donors (Lipinski definition) is 2. The molecule has 1 aromatic heterocycles. The van der Waals surface area contributed by atoms with Gasteiger partial charge in [-0.2, -0.15) is 0 Å². The number of benzene rings is 2. The van der Waals surface area contributed by atoms with E-state index in [-0.39, 0.29) is 17.6 Å². The minimum Gasteiger partial charge on any atom is -0.352 e. The van der Waals surface area contributed by atoms with E-state index in [0.29, 0.717) is 27.7 Å². The highest BCUT2D eigenvalue weighted by Gasteiger charge is 2.12. The topological polar surface area (TPSA) is 58.2 Å². The second-order valence-corrected chi connectivity index (χ2v) is 8.56. The van der Waals surface area contributed by atoms with E-state index in [4.69, 9.17) is 11.6 Å². The quantitative estimate of drug-likeness (QED) is 0.343. The summed E-state index contributed by atoms with van der Waals surface area (Å²) in [5.74, 6) is 0.0437. The summed E-state index contributed by atoms with van der Waals surface area (Å²) in [6, 6.07) is 14.6. The Morgan fingerprint density at radius 1 is 1.07 bits per heavy atom. The van der Waals surface area contributed by atoms with Crippen molar-refractivity contribution in [3.63, 3.8) is 0 Å². The first-order valence-corrected chi connectivity index (χ1v) is 11.1. The average Bonchev–Trinajstić information content (AvgIpc) is 3.25. The molecule has 4 nitrogen and oxygen atoms in total. The fourth-order valence-corrected chi connectivity index (χ4v) is 4.09. The number of amides is 2. The van der Waals surface area contributed by atoms with Crippen LogP contribution in [0.1, 0.15) is 26.5 Å². The number of nitrogens with one attached hydrogen (secondary N) is 2. The Labute approximate surface area is 181 Å². The van der Waals surface area contributed by atoms with Crippen LogP contribution in [0.15, 0.2) is 64.9 Å². The summed E-state index contributed by atoms with van der Waals surface area (Å²) in [6.07, 6.45) is 0.767. The van der Waals surface area contributed by atoms with Crippen molar-refractivity contribution >= 4 is 52.2 Å². The number of rotatable bonds is 8. The van der Waals surface area contributed by atoms with E-state index < -0.39 is 0 Å². The van der Waals surface area contributed by atoms with Crippen molar-refractivity contribution in [1.29, 1.82) is 0 Å². The first kappa shape index (κ1) is 21.4. The van der Waals surface area contributed by atoms with Gasteiger partial charge in [-0.25, -0.2) is 4.39 Å². The van der Waals surface area contributed by atoms with Gasteiger partial charge in [0, 0.05) is 17.0 Å². The van der Waals surface area contributed by atoms with Gasteiger partial charge in [0.25, 0.3) is 11.8 Å². The highest BCUT2D eigenvalue weighted by Crippen LogP contribution is 2.24. The summed E-state index contributed by atoms with van der Waals surface area (Å²) in [5, 5.41) is 7.77. The lowest BCUT2D eigenvalue weighted by Gasteiger charge is -2.10. The van der Waals surface area contributed by atoms with Crippen LogP contribution in [0.2, 0.25) is 5.02 Å². The maximum absolute atomic E-state index is 12.9. The molecule has 0 saturated carbocycles. The lowest BCUT2D eigenvalue weighted by molar-refractivity contribution is 0.0952. The number of hydrogen-bond acceptors (Lipinski definition) is 4. The molecular weight excluding hydrogens is 431 g/mol. The number of anilines is 1. The predicted octanol–water partition coefficient (Wildman–Crippen LogP) is 5.71. The minimum atomic E-state index is -0.266. The second-order valence-electron chi connectivity index (χ2n) is 6.04. The molecule has 0 fully saturated rings. The smallest absolute Gasteiger partial charge is 0.265 e. The monoisotopic (exact) mass is 448 g/mol. The van der Waals surface area contributed by atoms with Gasteiger partial charge in [-0.05, 0) is 66.1 Å². The van der Waals surface area contributed by atoms with Gasteiger partial charge in [0.15, 0.2) is 0 Å². The van der Waals surface area contributed by atoms with E-state index >= 15 is 0 Å². The maximum Gasteiger partial charge on any atom is 0.265 e. The van der Waals surface area contributed by atoms with E-state index in [1.165, 1.54) is 23.5 Å². The molecule has 8 heteroatoms. The summed E-state index contributed by atoms with van der Waals surface area (Å²) in [4.78, 5) is 26.1. The van der Waals surface area contributed by atoms with Gasteiger partial charge in [0.2, 0.25) is 0 Å². The highest BCUT2D eigenvalue weighted by molar-refractivity contribution is 7.99. The normalized spacial score (nSPS) is 10.6. The zero-order valence-corrected chi connectivity index (χ0v) is 17.7. The number of carbonyl (C=O) groups excluding carboxylic acids is 2. The summed E-state index contributed by atoms with van der Waals surface area (Å²) < 4.78 is 12.9. The molecule has 0 aliphatic heterocycles. The van der Waals surface area contributed by atoms with Gasteiger partial charge >= 0.3 is 0 Å². The molecule has 150 valence electrons. The van der Waals surface area contributed by atoms with Gasteiger partial charge in [-0.3, -0.25) is 9.59 Å². The van der Waals surface area contributed by atoms with Crippen LogP contribution in [0, 0.1) is 5.82 Å². The van der Waals surface area contributed by atoms with Gasteiger partial charge in [0.05, 0.1) is 15.6 Å². The number of carbonyl (C=O) groups is 2. The Morgan fingerprint density at radius 3 is 2.59 bits per heavy atom. The molecule has 0 atom stereocenters. The van der Waals surface area contributed by atoms with Crippen LogP contribution in [-0.2, 0) is 0 Å². The molecule has 2 aromatic carbocycles. The molecule has 3 rings (SSSR count). The standard InChI is InChI=1S/C21H18ClFN2O2S2/c22-17-9-4-14(13-18(17)25-21(27)19-3-1-11-29-19)20(26)24-10-2-12-28-16-7-5-15(23)6-8-16/h1,3-9,11,13H,2,10,12H2,(H,24,26)(H,25,27). The van der Waals surface area contributed by atoms with Gasteiger partial charge in [-0.15, -0.1) is 23.1 Å². The average molecular weight is 449 g/mol. The molecule has 3 aromatic rings. The molecular formula is C21H18ClFN2O2S2. The molecule has 0 spiro atoms. The van der Waals surface area contributed by atoms with Crippen molar-refractivity contribution in [3.05, 3.63) is 81.3 Å². The maximum atomic E-state index is 12.9. The molecule has 0 saturated heterocycles. The Morgan fingerprint density at radius 2 is 1.86 bits per heavy atom. The lowest BCUT2D eigenvalue weighted by Crippen LogP contribution is -2.25. The molecule has 1 heterocycles. The van der Waals surface area contributed by atoms with Crippen LogP contribution >= 0.6 is 34.7 Å². The third kappa shape index (κ3) is 6.32. The van der Waals surface area contributed by atoms with E-state index in [9.17, 15) is 14.0 Å². The Kier molecular flexibility index (Phi) is 7.69. The molecule has 0 aliphatic carbocycles. The van der Waals surface area contributed by atoms with E-state index in [1.807, 2.05) is 5.38 Å². The fourth-order valence-electron chi connectivity index (χ4n) is 2.45. The SMILES string of the molecule is O=C(NCCCSc1ccc(F)cc1)c1ccc(Cl)c(NC(=O)c2cccs2)c1. The lowest BCUT2D eigenvalue weighted by atomic mass is 10.2. The number of thiophene rings is 1. The van der Waals surface area contributed by atoms with Crippen LogP contribution in [0.5, 0.6) is 0 Å². The fraction of sp³-hybridized carbons (Fsp3) is 0.143. The highest BCUT2D eigenvalue weighted by atomic mass is 35.5. The number of halogens is 2. The molecule has 0 aliphatic rings. The van der Waals surface area contributed by atoms with E-state index in [2.05, 4.69) is 10.6 Å². The zero-order valence-electron chi connectivity index (χ0n) is 15.3. The Bertz CT molecular complexity index is 979. The molecule has 29 heavy (non-hydrogen) atoms. The summed E-state index contributed by atoms with van der Waals surface area (Å²) >= 11 is 9.08. The van der Waals surface area contributed by atoms with Crippen LogP contribution in [0.25, 0.3) is 0 Å². The summed E-state index contributed by atoms with van der Waals surface area (Å²) in [5.41, 5.74) is 0.812. The molecule has 2 amide bonds. The van der Waals surface area contributed by atoms with Gasteiger partial charge in [-0.1, -0.05) is 17.7 Å². The van der Waals surface area contributed by atoms with E-state index in [1.54, 1.807) is 54.2 Å². The zero-order chi connectivity index (χ0) is 20.6. The van der Waals surface area contributed by atoms with Crippen molar-refractivity contribution in [2.24, 2.45) is 0 Å². The molecule has 2 N–H and O–H groups in total. The van der Waals surface area contributed by atoms with Gasteiger partial charge < -0.3 is 10.6 Å². The van der Waals surface area contributed by atoms with Crippen LogP contribution < -0.4 is 10.6 Å². The van der Waals surface area contributed by atoms with Crippen molar-refractivity contribution < 1.29 is 14.0 Å². The molecule has 0 radical (unpaired) electrons. The first-order valence-electron chi connectivity index (χ1n) is 8.84. The number of thioether (sulfide) groups is 1. The minimum absolute atomic E-state index is 0.236. The third-order valence-corrected chi connectivity index (χ3v) is 6.21. The van der Waals surface area contributed by atoms with Crippen molar-refractivity contribution in [2.75, 3.05) is 17.6 Å². The summed E-state index contributed by atoms with van der Waals surface area (Å²) in [6.45, 7) is 0.506. The van der Waals surface area contributed by atoms with Crippen LogP contribution in [0.4, 0.5) is 10.1 Å². The predicted molar refractivity (Wildman–Crippen MR) is 118 cm³/mol. The summed E-state index contributed by atoms with van der Waals surface area (Å²) in [7, 11) is 0. The Hall–Kier alpha value is -2.35. The largest absolute Gasteiger partial charge is 0.352 e. The Balaban J connectivity index is 1.48. The van der Waals surface area contributed by atoms with Crippen molar-refractivity contribution in [3.8, 4) is 0 Å². The van der Waals surface area contributed by atoms with Gasteiger partial charge in [0.1, 0.15) is 5.82 Å². The first-order chi connectivity index (χ1) is 14.0. The third-order valence-electron chi connectivity index (χ3n) is 3.91.